The Hall–Kier alpha value is -2.09. The van der Waals surface area contributed by atoms with Gasteiger partial charge in [0.15, 0.2) is 10.3 Å². The average molecular weight is 413 g/mol. The van der Waals surface area contributed by atoms with Gasteiger partial charge < -0.3 is 11.5 Å². The normalized spacial score (nSPS) is 10.8. The Morgan fingerprint density at radius 2 is 1.41 bits per heavy atom. The second-order valence-corrected chi connectivity index (χ2v) is 8.90. The van der Waals surface area contributed by atoms with Crippen molar-refractivity contribution in [2.75, 3.05) is 0 Å². The summed E-state index contributed by atoms with van der Waals surface area (Å²) in [4.78, 5) is 2.30. The lowest BCUT2D eigenvalue weighted by Gasteiger charge is -2.14. The van der Waals surface area contributed by atoms with Crippen LogP contribution in [0.1, 0.15) is 11.1 Å². The largest absolute Gasteiger partial charge is 0.379 e. The molecular formula is C20H20N4S3. The van der Waals surface area contributed by atoms with Gasteiger partial charge in [0.1, 0.15) is 0 Å². The van der Waals surface area contributed by atoms with Gasteiger partial charge >= 0.3 is 0 Å². The summed E-state index contributed by atoms with van der Waals surface area (Å²) in [5.74, 6) is 1.33. The molecule has 0 aliphatic heterocycles. The van der Waals surface area contributed by atoms with E-state index < -0.39 is 0 Å². The van der Waals surface area contributed by atoms with Crippen LogP contribution < -0.4 is 11.5 Å². The minimum Gasteiger partial charge on any atom is -0.379 e. The van der Waals surface area contributed by atoms with E-state index in [-0.39, 0.29) is 10.3 Å². The monoisotopic (exact) mass is 412 g/mol. The molecule has 138 valence electrons. The minimum absolute atomic E-state index is 0.122. The molecule has 0 aliphatic carbocycles. The van der Waals surface area contributed by atoms with Crippen molar-refractivity contribution < 1.29 is 0 Å². The lowest BCUT2D eigenvalue weighted by atomic mass is 10.1. The highest BCUT2D eigenvalue weighted by molar-refractivity contribution is 8.13. The van der Waals surface area contributed by atoms with Crippen LogP contribution in [0.25, 0.3) is 10.8 Å². The molecule has 0 bridgehead atoms. The van der Waals surface area contributed by atoms with E-state index in [4.69, 9.17) is 22.3 Å². The van der Waals surface area contributed by atoms with Gasteiger partial charge in [-0.05, 0) is 34.0 Å². The third kappa shape index (κ3) is 5.22. The van der Waals surface area contributed by atoms with E-state index >= 15 is 0 Å². The number of fused-ring (bicyclic) bond motifs is 1. The van der Waals surface area contributed by atoms with Crippen LogP contribution in [0.5, 0.6) is 0 Å². The fourth-order valence-corrected chi connectivity index (χ4v) is 5.16. The molecule has 0 saturated carbocycles. The van der Waals surface area contributed by atoms with Gasteiger partial charge in [0.05, 0.1) is 0 Å². The Bertz CT molecular complexity index is 988. The maximum Gasteiger partial charge on any atom is 0.151 e. The molecule has 6 N–H and O–H groups in total. The molecule has 0 atom stereocenters. The lowest BCUT2D eigenvalue weighted by molar-refractivity contribution is 1.25. The zero-order chi connectivity index (χ0) is 19.2. The molecule has 0 heterocycles. The molecule has 0 spiro atoms. The Morgan fingerprint density at radius 1 is 0.741 bits per heavy atom. The van der Waals surface area contributed by atoms with Gasteiger partial charge in [-0.25, -0.2) is 0 Å². The first-order valence-corrected chi connectivity index (χ1v) is 11.0. The summed E-state index contributed by atoms with van der Waals surface area (Å²) in [6.45, 7) is 0. The number of benzene rings is 3. The van der Waals surface area contributed by atoms with Crippen molar-refractivity contribution in [2.24, 2.45) is 11.5 Å². The maximum atomic E-state index is 7.57. The summed E-state index contributed by atoms with van der Waals surface area (Å²) in [5.41, 5.74) is 13.4. The molecule has 3 rings (SSSR count). The molecule has 4 nitrogen and oxygen atoms in total. The topological polar surface area (TPSA) is 99.7 Å². The van der Waals surface area contributed by atoms with Crippen molar-refractivity contribution >= 4 is 56.4 Å². The Morgan fingerprint density at radius 3 is 2.19 bits per heavy atom. The first kappa shape index (κ1) is 19.7. The molecule has 0 fully saturated rings. The number of hydrogen-bond acceptors (Lipinski definition) is 5. The maximum absolute atomic E-state index is 7.57. The lowest BCUT2D eigenvalue weighted by Crippen LogP contribution is -2.04. The fourth-order valence-electron chi connectivity index (χ4n) is 2.71. The van der Waals surface area contributed by atoms with Crippen LogP contribution in [0.2, 0.25) is 0 Å². The quantitative estimate of drug-likeness (QED) is 0.327. The van der Waals surface area contributed by atoms with Gasteiger partial charge in [0, 0.05) is 21.3 Å². The number of nitrogens with one attached hydrogen (secondary N) is 2. The highest BCUT2D eigenvalue weighted by Crippen LogP contribution is 2.38. The summed E-state index contributed by atoms with van der Waals surface area (Å²) < 4.78 is 0. The molecule has 0 amide bonds. The van der Waals surface area contributed by atoms with Gasteiger partial charge in [-0.3, -0.25) is 10.8 Å². The number of amidine groups is 2. The van der Waals surface area contributed by atoms with Gasteiger partial charge in [-0.15, -0.1) is 0 Å². The highest BCUT2D eigenvalue weighted by atomic mass is 32.2. The van der Waals surface area contributed by atoms with Crippen molar-refractivity contribution in [2.45, 2.75) is 21.3 Å². The zero-order valence-corrected chi connectivity index (χ0v) is 17.0. The molecule has 0 radical (unpaired) electrons. The van der Waals surface area contributed by atoms with Crippen LogP contribution in [0.15, 0.2) is 70.5 Å². The van der Waals surface area contributed by atoms with Crippen LogP contribution >= 0.6 is 35.3 Å². The molecule has 0 unspecified atom stereocenters. The van der Waals surface area contributed by atoms with E-state index in [2.05, 4.69) is 36.4 Å². The summed E-state index contributed by atoms with van der Waals surface area (Å²) in [6, 6.07) is 20.8. The second-order valence-electron chi connectivity index (χ2n) is 5.78. The van der Waals surface area contributed by atoms with E-state index in [0.29, 0.717) is 11.5 Å². The van der Waals surface area contributed by atoms with Crippen molar-refractivity contribution in [3.63, 3.8) is 0 Å². The third-order valence-corrected chi connectivity index (χ3v) is 6.68. The molecule has 0 saturated heterocycles. The predicted molar refractivity (Wildman–Crippen MR) is 121 cm³/mol. The molecule has 3 aromatic carbocycles. The zero-order valence-electron chi connectivity index (χ0n) is 14.6. The summed E-state index contributed by atoms with van der Waals surface area (Å²) in [5, 5.41) is 17.6. The predicted octanol–water partition coefficient (Wildman–Crippen LogP) is 5.24. The van der Waals surface area contributed by atoms with Crippen molar-refractivity contribution in [1.29, 1.82) is 10.8 Å². The summed E-state index contributed by atoms with van der Waals surface area (Å²) in [6.07, 6.45) is 0. The second kappa shape index (κ2) is 9.21. The van der Waals surface area contributed by atoms with E-state index in [9.17, 15) is 0 Å². The van der Waals surface area contributed by atoms with Crippen LogP contribution in [0.4, 0.5) is 0 Å². The summed E-state index contributed by atoms with van der Waals surface area (Å²) in [7, 11) is 0. The van der Waals surface area contributed by atoms with Crippen molar-refractivity contribution in [3.8, 4) is 0 Å². The van der Waals surface area contributed by atoms with Crippen LogP contribution in [0, 0.1) is 10.8 Å². The van der Waals surface area contributed by atoms with Crippen LogP contribution in [-0.2, 0) is 11.5 Å². The first-order valence-electron chi connectivity index (χ1n) is 8.24. The SMILES string of the molecule is N=C(N)SCc1ccccc1Sc1ccc2ccccc2c1CSC(=N)N. The third-order valence-electron chi connectivity index (χ3n) is 3.95. The minimum atomic E-state index is 0.122. The van der Waals surface area contributed by atoms with Crippen molar-refractivity contribution in [3.05, 3.63) is 71.8 Å². The smallest absolute Gasteiger partial charge is 0.151 e. The molecule has 3 aromatic rings. The van der Waals surface area contributed by atoms with Crippen molar-refractivity contribution in [1.82, 2.24) is 0 Å². The van der Waals surface area contributed by atoms with Gasteiger partial charge in [-0.2, -0.15) is 0 Å². The van der Waals surface area contributed by atoms with Gasteiger partial charge in [0.25, 0.3) is 0 Å². The van der Waals surface area contributed by atoms with E-state index in [1.165, 1.54) is 39.9 Å². The Balaban J connectivity index is 1.98. The van der Waals surface area contributed by atoms with E-state index in [1.54, 1.807) is 11.8 Å². The first-order chi connectivity index (χ1) is 13.0. The molecule has 0 aliphatic rings. The van der Waals surface area contributed by atoms with Gasteiger partial charge in [-0.1, -0.05) is 83.8 Å². The fraction of sp³-hybridized carbons (Fsp3) is 0.100. The summed E-state index contributed by atoms with van der Waals surface area (Å²) >= 11 is 4.38. The standard InChI is InChI=1S/C20H20N4S3/c21-19(22)25-11-14-6-2-4-8-17(14)27-18-10-9-13-5-1-3-7-15(13)16(18)12-26-20(23)24/h1-10H,11-12H2,(H3,21,22)(H3,23,24). The number of rotatable bonds is 6. The highest BCUT2D eigenvalue weighted by Gasteiger charge is 2.12. The molecule has 0 aromatic heterocycles. The average Bonchev–Trinajstić information content (AvgIpc) is 2.66. The number of thioether (sulfide) groups is 2. The van der Waals surface area contributed by atoms with Gasteiger partial charge in [0.2, 0.25) is 0 Å². The van der Waals surface area contributed by atoms with Crippen LogP contribution in [-0.4, -0.2) is 10.3 Å². The van der Waals surface area contributed by atoms with Crippen LogP contribution in [0.3, 0.4) is 0 Å². The Kier molecular flexibility index (Phi) is 6.71. The number of nitrogens with two attached hydrogens (primary N) is 2. The molecule has 7 heteroatoms. The van der Waals surface area contributed by atoms with E-state index in [1.807, 2.05) is 24.3 Å². The molecular weight excluding hydrogens is 392 g/mol. The molecule has 27 heavy (non-hydrogen) atoms. The Labute approximate surface area is 171 Å². The number of hydrogen-bond donors (Lipinski definition) is 4. The van der Waals surface area contributed by atoms with E-state index in [0.717, 1.165) is 15.4 Å².